The minimum atomic E-state index is 0.0703. The normalized spacial score (nSPS) is 22.4. The molecule has 0 aliphatic carbocycles. The van der Waals surface area contributed by atoms with Crippen molar-refractivity contribution in [2.24, 2.45) is 0 Å². The topological polar surface area (TPSA) is 37.9 Å². The third-order valence-corrected chi connectivity index (χ3v) is 5.24. The second-order valence-electron chi connectivity index (χ2n) is 6.71. The van der Waals surface area contributed by atoms with Gasteiger partial charge in [0.1, 0.15) is 5.82 Å². The van der Waals surface area contributed by atoms with E-state index in [4.69, 9.17) is 4.98 Å². The highest BCUT2D eigenvalue weighted by atomic mass is 16.1. The van der Waals surface area contributed by atoms with Crippen molar-refractivity contribution in [1.82, 2.24) is 9.66 Å². The standard InChI is InChI=1S/C20H19N3O/c24-20-15-10-4-5-11-16(15)21-18-13-7-6-12-17-19(22(17)23(18)20)14-8-2-1-3-9-14/h1-5,8-11,17,19H,6-7,12-13H2/t17-,19-,22?/m1/s1. The van der Waals surface area contributed by atoms with E-state index >= 15 is 0 Å². The molecule has 3 heterocycles. The fraction of sp³-hybridized carbons (Fsp3) is 0.300. The second kappa shape index (κ2) is 5.20. The van der Waals surface area contributed by atoms with Crippen molar-refractivity contribution in [3.05, 3.63) is 76.3 Å². The minimum absolute atomic E-state index is 0.0703. The Morgan fingerprint density at radius 1 is 0.958 bits per heavy atom. The monoisotopic (exact) mass is 317 g/mol. The highest BCUT2D eigenvalue weighted by Gasteiger charge is 2.50. The van der Waals surface area contributed by atoms with Crippen LogP contribution in [0.15, 0.2) is 59.4 Å². The van der Waals surface area contributed by atoms with Crippen molar-refractivity contribution in [3.8, 4) is 0 Å². The SMILES string of the molecule is O=c1c2ccccc2nc2n1N1[C@H](CCCC2)[C@H]1c1ccccc1. The summed E-state index contributed by atoms with van der Waals surface area (Å²) in [6, 6.07) is 18.9. The molecule has 5 rings (SSSR count). The predicted octanol–water partition coefficient (Wildman–Crippen LogP) is 3.18. The maximum absolute atomic E-state index is 13.1. The van der Waals surface area contributed by atoms with Gasteiger partial charge in [-0.05, 0) is 30.5 Å². The number of aromatic nitrogens is 2. The van der Waals surface area contributed by atoms with Crippen molar-refractivity contribution in [3.63, 3.8) is 0 Å². The summed E-state index contributed by atoms with van der Waals surface area (Å²) in [5.41, 5.74) is 2.17. The summed E-state index contributed by atoms with van der Waals surface area (Å²) >= 11 is 0. The van der Waals surface area contributed by atoms with Crippen LogP contribution in [0, 0.1) is 0 Å². The molecule has 3 aromatic rings. The molecule has 2 aliphatic rings. The van der Waals surface area contributed by atoms with E-state index in [9.17, 15) is 4.79 Å². The Morgan fingerprint density at radius 3 is 2.62 bits per heavy atom. The number of rotatable bonds is 1. The molecule has 4 heteroatoms. The van der Waals surface area contributed by atoms with Gasteiger partial charge in [0.05, 0.1) is 23.0 Å². The molecule has 0 bridgehead atoms. The third-order valence-electron chi connectivity index (χ3n) is 5.24. The Kier molecular flexibility index (Phi) is 2.98. The van der Waals surface area contributed by atoms with Crippen molar-refractivity contribution in [2.45, 2.75) is 37.8 Å². The summed E-state index contributed by atoms with van der Waals surface area (Å²) in [7, 11) is 0. The van der Waals surface area contributed by atoms with E-state index in [0.717, 1.165) is 30.6 Å². The molecule has 0 radical (unpaired) electrons. The lowest BCUT2D eigenvalue weighted by atomic mass is 10.1. The molecule has 0 unspecified atom stereocenters. The van der Waals surface area contributed by atoms with Crippen molar-refractivity contribution >= 4 is 10.9 Å². The van der Waals surface area contributed by atoms with E-state index in [1.165, 1.54) is 12.0 Å². The van der Waals surface area contributed by atoms with Gasteiger partial charge in [0.25, 0.3) is 5.56 Å². The summed E-state index contributed by atoms with van der Waals surface area (Å²) in [5.74, 6) is 0.904. The maximum Gasteiger partial charge on any atom is 0.280 e. The first-order valence-electron chi connectivity index (χ1n) is 8.69. The van der Waals surface area contributed by atoms with Crippen molar-refractivity contribution < 1.29 is 0 Å². The number of para-hydroxylation sites is 1. The van der Waals surface area contributed by atoms with Crippen LogP contribution in [-0.2, 0) is 6.42 Å². The zero-order valence-electron chi connectivity index (χ0n) is 13.4. The molecule has 2 aliphatic heterocycles. The largest absolute Gasteiger partial charge is 0.293 e. The van der Waals surface area contributed by atoms with Crippen LogP contribution in [0.25, 0.3) is 10.9 Å². The van der Waals surface area contributed by atoms with E-state index in [2.05, 4.69) is 29.3 Å². The van der Waals surface area contributed by atoms with Gasteiger partial charge in [-0.15, -0.1) is 0 Å². The predicted molar refractivity (Wildman–Crippen MR) is 94.7 cm³/mol. The van der Waals surface area contributed by atoms with Crippen LogP contribution in [0.4, 0.5) is 0 Å². The summed E-state index contributed by atoms with van der Waals surface area (Å²) in [4.78, 5) is 17.9. The molecule has 0 N–H and O–H groups in total. The van der Waals surface area contributed by atoms with Gasteiger partial charge in [0.15, 0.2) is 0 Å². The molecular formula is C20H19N3O. The first-order chi connectivity index (χ1) is 11.8. The van der Waals surface area contributed by atoms with E-state index < -0.39 is 0 Å². The summed E-state index contributed by atoms with van der Waals surface area (Å²) in [6.45, 7) is 0. The highest BCUT2D eigenvalue weighted by Crippen LogP contribution is 2.44. The van der Waals surface area contributed by atoms with E-state index in [0.29, 0.717) is 17.5 Å². The molecule has 1 saturated heterocycles. The minimum Gasteiger partial charge on any atom is -0.293 e. The fourth-order valence-electron chi connectivity index (χ4n) is 4.06. The van der Waals surface area contributed by atoms with E-state index in [1.54, 1.807) is 0 Å². The molecule has 120 valence electrons. The Balaban J connectivity index is 1.70. The lowest BCUT2D eigenvalue weighted by Gasteiger charge is -2.18. The van der Waals surface area contributed by atoms with Gasteiger partial charge in [-0.25, -0.2) is 9.66 Å². The first kappa shape index (κ1) is 13.8. The number of hydrogen-bond acceptors (Lipinski definition) is 3. The lowest BCUT2D eigenvalue weighted by Crippen LogP contribution is -2.35. The lowest BCUT2D eigenvalue weighted by molar-refractivity contribution is 0.571. The van der Waals surface area contributed by atoms with E-state index in [1.807, 2.05) is 35.0 Å². The van der Waals surface area contributed by atoms with Crippen molar-refractivity contribution in [1.29, 1.82) is 0 Å². The number of nitrogens with zero attached hydrogens (tertiary/aromatic N) is 3. The number of benzene rings is 2. The molecule has 0 amide bonds. The Labute approximate surface area is 140 Å². The van der Waals surface area contributed by atoms with Crippen LogP contribution >= 0.6 is 0 Å². The first-order valence-corrected chi connectivity index (χ1v) is 8.69. The zero-order chi connectivity index (χ0) is 16.1. The van der Waals surface area contributed by atoms with Crippen molar-refractivity contribution in [2.75, 3.05) is 5.01 Å². The average molecular weight is 317 g/mol. The summed E-state index contributed by atoms with van der Waals surface area (Å²) < 4.78 is 1.86. The molecule has 2 atom stereocenters. The molecule has 1 fully saturated rings. The highest BCUT2D eigenvalue weighted by molar-refractivity contribution is 5.77. The van der Waals surface area contributed by atoms with Gasteiger partial charge in [0, 0.05) is 6.42 Å². The molecule has 24 heavy (non-hydrogen) atoms. The van der Waals surface area contributed by atoms with Gasteiger partial charge >= 0.3 is 0 Å². The van der Waals surface area contributed by atoms with Crippen LogP contribution in [0.3, 0.4) is 0 Å². The van der Waals surface area contributed by atoms with Gasteiger partial charge in [-0.3, -0.25) is 9.80 Å². The molecule has 0 saturated carbocycles. The van der Waals surface area contributed by atoms with Crippen LogP contribution in [0.5, 0.6) is 0 Å². The van der Waals surface area contributed by atoms with Gasteiger partial charge in [-0.2, -0.15) is 0 Å². The van der Waals surface area contributed by atoms with Gasteiger partial charge in [0.2, 0.25) is 0 Å². The van der Waals surface area contributed by atoms with Crippen LogP contribution in [0.2, 0.25) is 0 Å². The number of fused-ring (bicyclic) bond motifs is 4. The second-order valence-corrected chi connectivity index (χ2v) is 6.71. The summed E-state index contributed by atoms with van der Waals surface area (Å²) in [6.07, 6.45) is 4.28. The average Bonchev–Trinajstić information content (AvgIpc) is 3.30. The fourth-order valence-corrected chi connectivity index (χ4v) is 4.06. The van der Waals surface area contributed by atoms with Crippen LogP contribution < -0.4 is 10.6 Å². The molecule has 4 nitrogen and oxygen atoms in total. The Morgan fingerprint density at radius 2 is 1.75 bits per heavy atom. The molecule has 1 aromatic heterocycles. The van der Waals surface area contributed by atoms with E-state index in [-0.39, 0.29) is 5.56 Å². The zero-order valence-corrected chi connectivity index (χ0v) is 13.4. The molecular weight excluding hydrogens is 298 g/mol. The van der Waals surface area contributed by atoms with Gasteiger partial charge < -0.3 is 0 Å². The summed E-state index contributed by atoms with van der Waals surface area (Å²) in [5, 5.41) is 2.95. The van der Waals surface area contributed by atoms with Gasteiger partial charge in [-0.1, -0.05) is 48.9 Å². The number of hydrogen-bond donors (Lipinski definition) is 0. The quantitative estimate of drug-likeness (QED) is 0.647. The van der Waals surface area contributed by atoms with Crippen LogP contribution in [-0.4, -0.2) is 15.7 Å². The third kappa shape index (κ3) is 1.99. The maximum atomic E-state index is 13.1. The van der Waals surface area contributed by atoms with Crippen LogP contribution in [0.1, 0.15) is 36.7 Å². The molecule has 0 spiro atoms. The number of aryl methyl sites for hydroxylation is 1. The Bertz CT molecular complexity index is 964. The Hall–Kier alpha value is -2.62. The molecule has 2 aromatic carbocycles. The smallest absolute Gasteiger partial charge is 0.280 e.